The molecule has 2 fully saturated rings. The Balaban J connectivity index is 1.88. The number of nitrogens with zero attached hydrogens (tertiary/aromatic N) is 1. The number of hydrogen-bond donors (Lipinski definition) is 0. The van der Waals surface area contributed by atoms with E-state index in [0.29, 0.717) is 0 Å². The lowest BCUT2D eigenvalue weighted by Gasteiger charge is -2.52. The van der Waals surface area contributed by atoms with Crippen molar-refractivity contribution in [2.45, 2.75) is 79.8 Å². The van der Waals surface area contributed by atoms with Crippen molar-refractivity contribution in [1.29, 1.82) is 5.26 Å². The van der Waals surface area contributed by atoms with E-state index in [4.69, 9.17) is 4.74 Å². The molecule has 3 aliphatic carbocycles. The molecule has 3 aliphatic rings. The third-order valence-corrected chi connectivity index (χ3v) is 8.13. The van der Waals surface area contributed by atoms with Crippen molar-refractivity contribution in [2.24, 2.45) is 28.1 Å². The van der Waals surface area contributed by atoms with Gasteiger partial charge < -0.3 is 4.74 Å². The lowest BCUT2D eigenvalue weighted by atomic mass is 9.61. The highest BCUT2D eigenvalue weighted by Gasteiger charge is 2.68. The molecule has 0 aromatic rings. The SMILES string of the molecule is CC1=CC=C(O[C@@]2(C)C(C)(C)[C@H]3CC[C@]2(C)C3)C[C@H]1C(C)(C)C#N. The first-order chi connectivity index (χ1) is 11.0. The number of ether oxygens (including phenoxy) is 1. The highest BCUT2D eigenvalue weighted by Crippen LogP contribution is 2.69. The highest BCUT2D eigenvalue weighted by molar-refractivity contribution is 5.28. The van der Waals surface area contributed by atoms with Gasteiger partial charge in [-0.15, -0.1) is 0 Å². The van der Waals surface area contributed by atoms with Crippen LogP contribution in [0.2, 0.25) is 0 Å². The highest BCUT2D eigenvalue weighted by atomic mass is 16.5. The lowest BCUT2D eigenvalue weighted by Crippen LogP contribution is -2.53. The summed E-state index contributed by atoms with van der Waals surface area (Å²) in [7, 11) is 0. The van der Waals surface area contributed by atoms with Gasteiger partial charge in [0.25, 0.3) is 0 Å². The molecule has 0 aliphatic heterocycles. The topological polar surface area (TPSA) is 33.0 Å². The second-order valence-electron chi connectivity index (χ2n) is 9.99. The quantitative estimate of drug-likeness (QED) is 0.636. The maximum atomic E-state index is 9.56. The van der Waals surface area contributed by atoms with Crippen molar-refractivity contribution in [1.82, 2.24) is 0 Å². The van der Waals surface area contributed by atoms with E-state index in [0.717, 1.165) is 18.1 Å². The lowest BCUT2D eigenvalue weighted by molar-refractivity contribution is -0.149. The average molecular weight is 328 g/mol. The standard InChI is InChI=1S/C22H33NO/c1-15-8-9-17(12-18(15)19(2,3)14-23)24-22(7)20(4,5)16-10-11-21(22,6)13-16/h8-9,16,18H,10-13H2,1-7H3/t16-,18+,21+,22-/m0/s1. The summed E-state index contributed by atoms with van der Waals surface area (Å²) in [5.74, 6) is 2.07. The summed E-state index contributed by atoms with van der Waals surface area (Å²) in [6.07, 6.45) is 9.04. The van der Waals surface area contributed by atoms with Gasteiger partial charge in [0, 0.05) is 23.2 Å². The van der Waals surface area contributed by atoms with Crippen LogP contribution >= 0.6 is 0 Å². The summed E-state index contributed by atoms with van der Waals surface area (Å²) >= 11 is 0. The largest absolute Gasteiger partial charge is 0.491 e. The van der Waals surface area contributed by atoms with Crippen LogP contribution in [0.5, 0.6) is 0 Å². The van der Waals surface area contributed by atoms with Crippen LogP contribution in [0.1, 0.15) is 74.1 Å². The van der Waals surface area contributed by atoms with Crippen molar-refractivity contribution >= 4 is 0 Å². The summed E-state index contributed by atoms with van der Waals surface area (Å²) in [5.41, 5.74) is 1.25. The van der Waals surface area contributed by atoms with E-state index in [9.17, 15) is 5.26 Å². The van der Waals surface area contributed by atoms with Gasteiger partial charge in [-0.2, -0.15) is 5.26 Å². The average Bonchev–Trinajstić information content (AvgIpc) is 2.98. The normalized spacial score (nSPS) is 40.8. The fourth-order valence-electron chi connectivity index (χ4n) is 5.72. The molecule has 2 heteroatoms. The molecule has 0 unspecified atom stereocenters. The zero-order valence-electron chi connectivity index (χ0n) is 16.5. The Morgan fingerprint density at radius 2 is 1.88 bits per heavy atom. The Morgan fingerprint density at radius 3 is 2.42 bits per heavy atom. The zero-order chi connectivity index (χ0) is 18.0. The summed E-state index contributed by atoms with van der Waals surface area (Å²) in [6, 6.07) is 2.49. The van der Waals surface area contributed by atoms with Crippen LogP contribution in [0, 0.1) is 39.4 Å². The van der Waals surface area contributed by atoms with Crippen molar-refractivity contribution < 1.29 is 4.74 Å². The van der Waals surface area contributed by atoms with E-state index < -0.39 is 0 Å². The fourth-order valence-corrected chi connectivity index (χ4v) is 5.72. The molecule has 0 aromatic heterocycles. The number of nitriles is 1. The Kier molecular flexibility index (Phi) is 3.76. The number of allylic oxidation sites excluding steroid dienone is 4. The summed E-state index contributed by atoms with van der Waals surface area (Å²) < 4.78 is 6.82. The molecule has 2 saturated carbocycles. The van der Waals surface area contributed by atoms with Crippen LogP contribution in [0.15, 0.2) is 23.5 Å². The molecule has 0 N–H and O–H groups in total. The second-order valence-corrected chi connectivity index (χ2v) is 9.99. The maximum absolute atomic E-state index is 9.56. The van der Waals surface area contributed by atoms with Crippen molar-refractivity contribution in [3.05, 3.63) is 23.5 Å². The number of hydrogen-bond acceptors (Lipinski definition) is 2. The molecule has 24 heavy (non-hydrogen) atoms. The van der Waals surface area contributed by atoms with Gasteiger partial charge in [0.05, 0.1) is 17.2 Å². The van der Waals surface area contributed by atoms with E-state index in [1.165, 1.54) is 24.8 Å². The minimum absolute atomic E-state index is 0.130. The van der Waals surface area contributed by atoms with Crippen molar-refractivity contribution in [3.8, 4) is 6.07 Å². The van der Waals surface area contributed by atoms with Gasteiger partial charge in [-0.25, -0.2) is 0 Å². The second kappa shape index (κ2) is 5.13. The van der Waals surface area contributed by atoms with Gasteiger partial charge in [0.1, 0.15) is 5.60 Å². The van der Waals surface area contributed by atoms with E-state index in [1.807, 2.05) is 13.8 Å². The molecular formula is C22H33NO. The number of rotatable bonds is 3. The molecule has 0 saturated heterocycles. The van der Waals surface area contributed by atoms with Crippen LogP contribution in [0.25, 0.3) is 0 Å². The van der Waals surface area contributed by atoms with E-state index in [-0.39, 0.29) is 27.8 Å². The van der Waals surface area contributed by atoms with Crippen LogP contribution in [-0.2, 0) is 4.74 Å². The van der Waals surface area contributed by atoms with Gasteiger partial charge in [0.2, 0.25) is 0 Å². The summed E-state index contributed by atoms with van der Waals surface area (Å²) in [4.78, 5) is 0. The van der Waals surface area contributed by atoms with Crippen LogP contribution in [-0.4, -0.2) is 5.60 Å². The molecule has 4 atom stereocenters. The molecular weight excluding hydrogens is 294 g/mol. The predicted molar refractivity (Wildman–Crippen MR) is 98.1 cm³/mol. The van der Waals surface area contributed by atoms with Crippen LogP contribution in [0.3, 0.4) is 0 Å². The number of fused-ring (bicyclic) bond motifs is 2. The van der Waals surface area contributed by atoms with Crippen LogP contribution < -0.4 is 0 Å². The van der Waals surface area contributed by atoms with Crippen molar-refractivity contribution in [2.75, 3.05) is 0 Å². The van der Waals surface area contributed by atoms with Gasteiger partial charge >= 0.3 is 0 Å². The Bertz CT molecular complexity index is 641. The smallest absolute Gasteiger partial charge is 0.116 e. The zero-order valence-corrected chi connectivity index (χ0v) is 16.5. The first-order valence-corrected chi connectivity index (χ1v) is 9.44. The van der Waals surface area contributed by atoms with Crippen molar-refractivity contribution in [3.63, 3.8) is 0 Å². The van der Waals surface area contributed by atoms with Gasteiger partial charge in [-0.05, 0) is 59.0 Å². The van der Waals surface area contributed by atoms with E-state index in [2.05, 4.69) is 52.8 Å². The molecule has 0 amide bonds. The molecule has 2 bridgehead atoms. The van der Waals surface area contributed by atoms with Gasteiger partial charge in [-0.3, -0.25) is 0 Å². The minimum Gasteiger partial charge on any atom is -0.491 e. The van der Waals surface area contributed by atoms with E-state index >= 15 is 0 Å². The summed E-state index contributed by atoms with van der Waals surface area (Å²) in [5, 5.41) is 9.56. The third-order valence-electron chi connectivity index (χ3n) is 8.13. The Morgan fingerprint density at radius 1 is 1.21 bits per heavy atom. The maximum Gasteiger partial charge on any atom is 0.116 e. The summed E-state index contributed by atoms with van der Waals surface area (Å²) in [6.45, 7) is 15.8. The molecule has 0 radical (unpaired) electrons. The van der Waals surface area contributed by atoms with Crippen LogP contribution in [0.4, 0.5) is 0 Å². The van der Waals surface area contributed by atoms with Gasteiger partial charge in [0.15, 0.2) is 0 Å². The monoisotopic (exact) mass is 327 g/mol. The molecule has 132 valence electrons. The minimum atomic E-state index is -0.363. The molecule has 2 nitrogen and oxygen atoms in total. The van der Waals surface area contributed by atoms with Gasteiger partial charge in [-0.1, -0.05) is 32.4 Å². The molecule has 3 rings (SSSR count). The fraction of sp³-hybridized carbons (Fsp3) is 0.773. The Labute approximate surface area is 148 Å². The molecule has 0 aromatic carbocycles. The molecule has 0 heterocycles. The first kappa shape index (κ1) is 17.6. The first-order valence-electron chi connectivity index (χ1n) is 9.44. The predicted octanol–water partition coefficient (Wildman–Crippen LogP) is 6.01. The third kappa shape index (κ3) is 2.20. The molecule has 0 spiro atoms. The van der Waals surface area contributed by atoms with E-state index in [1.54, 1.807) is 0 Å². The Hall–Kier alpha value is -1.23.